The molecule has 0 bridgehead atoms. The average Bonchev–Trinajstić information content (AvgIpc) is 2.30. The Labute approximate surface area is 65.2 Å². The second kappa shape index (κ2) is 2.90. The normalized spacial score (nSPS) is 29.2. The molecular weight excluding hydrogens is 146 g/mol. The molecule has 1 rings (SSSR count). The van der Waals surface area contributed by atoms with Crippen molar-refractivity contribution in [2.45, 2.75) is 20.0 Å². The van der Waals surface area contributed by atoms with E-state index in [1.54, 1.807) is 13.8 Å². The third-order valence-electron chi connectivity index (χ3n) is 1.74. The standard InChI is InChI=1S/C7H11NO3/c1-4-6(7(9)10-3)5(2)11-8-4/h5-6H,1-3H3/t5-,6+/m0/s1. The van der Waals surface area contributed by atoms with Gasteiger partial charge in [0.1, 0.15) is 12.0 Å². The maximum absolute atomic E-state index is 11.1. The minimum atomic E-state index is -0.319. The van der Waals surface area contributed by atoms with Crippen LogP contribution in [0.1, 0.15) is 13.8 Å². The highest BCUT2D eigenvalue weighted by atomic mass is 16.6. The number of rotatable bonds is 1. The van der Waals surface area contributed by atoms with Crippen molar-refractivity contribution in [1.82, 2.24) is 0 Å². The van der Waals surface area contributed by atoms with Gasteiger partial charge < -0.3 is 9.57 Å². The lowest BCUT2D eigenvalue weighted by Gasteiger charge is -2.09. The Balaban J connectivity index is 2.70. The number of carbonyl (C=O) groups is 1. The van der Waals surface area contributed by atoms with E-state index in [0.29, 0.717) is 5.71 Å². The Morgan fingerprint density at radius 3 is 2.73 bits per heavy atom. The summed E-state index contributed by atoms with van der Waals surface area (Å²) in [5.41, 5.74) is 0.685. The maximum Gasteiger partial charge on any atom is 0.318 e. The SMILES string of the molecule is COC(=O)[C@@H]1C(C)=NO[C@H]1C. The summed E-state index contributed by atoms with van der Waals surface area (Å²) in [6.07, 6.45) is -0.192. The molecule has 0 spiro atoms. The van der Waals surface area contributed by atoms with E-state index in [1.165, 1.54) is 7.11 Å². The molecule has 0 aromatic carbocycles. The van der Waals surface area contributed by atoms with Crippen LogP contribution in [0.2, 0.25) is 0 Å². The molecule has 0 radical (unpaired) electrons. The van der Waals surface area contributed by atoms with Gasteiger partial charge in [-0.3, -0.25) is 4.79 Å². The highest BCUT2D eigenvalue weighted by Crippen LogP contribution is 2.18. The van der Waals surface area contributed by atoms with Crippen molar-refractivity contribution in [2.75, 3.05) is 7.11 Å². The van der Waals surface area contributed by atoms with Crippen molar-refractivity contribution >= 4 is 11.7 Å². The van der Waals surface area contributed by atoms with Gasteiger partial charge in [-0.25, -0.2) is 0 Å². The molecule has 0 aromatic heterocycles. The summed E-state index contributed by atoms with van der Waals surface area (Å²) in [6.45, 7) is 3.55. The Morgan fingerprint density at radius 1 is 1.73 bits per heavy atom. The molecule has 0 unspecified atom stereocenters. The van der Waals surface area contributed by atoms with Gasteiger partial charge in [-0.05, 0) is 13.8 Å². The van der Waals surface area contributed by atoms with Gasteiger partial charge in [0, 0.05) is 0 Å². The zero-order valence-electron chi connectivity index (χ0n) is 6.83. The lowest BCUT2D eigenvalue weighted by atomic mass is 10.0. The number of carbonyl (C=O) groups excluding carboxylic acids is 1. The van der Waals surface area contributed by atoms with Crippen LogP contribution >= 0.6 is 0 Å². The smallest absolute Gasteiger partial charge is 0.318 e. The van der Waals surface area contributed by atoms with Crippen LogP contribution in [-0.4, -0.2) is 24.9 Å². The summed E-state index contributed by atoms with van der Waals surface area (Å²) in [5.74, 6) is -0.601. The van der Waals surface area contributed by atoms with E-state index in [-0.39, 0.29) is 18.0 Å². The van der Waals surface area contributed by atoms with Gasteiger partial charge in [-0.1, -0.05) is 5.16 Å². The summed E-state index contributed by atoms with van der Waals surface area (Å²) in [6, 6.07) is 0. The second-order valence-corrected chi connectivity index (χ2v) is 2.54. The number of ether oxygens (including phenoxy) is 1. The minimum Gasteiger partial charge on any atom is -0.468 e. The lowest BCUT2D eigenvalue weighted by Crippen LogP contribution is -2.28. The van der Waals surface area contributed by atoms with Gasteiger partial charge in [-0.2, -0.15) is 0 Å². The Morgan fingerprint density at radius 2 is 2.36 bits per heavy atom. The molecule has 4 nitrogen and oxygen atoms in total. The number of methoxy groups -OCH3 is 1. The summed E-state index contributed by atoms with van der Waals surface area (Å²) in [7, 11) is 1.36. The first-order chi connectivity index (χ1) is 5.16. The van der Waals surface area contributed by atoms with Gasteiger partial charge in [0.2, 0.25) is 0 Å². The lowest BCUT2D eigenvalue weighted by molar-refractivity contribution is -0.145. The molecule has 0 saturated carbocycles. The molecule has 1 aliphatic heterocycles. The molecule has 0 aliphatic carbocycles. The second-order valence-electron chi connectivity index (χ2n) is 2.54. The van der Waals surface area contributed by atoms with Gasteiger partial charge in [-0.15, -0.1) is 0 Å². The first-order valence-electron chi connectivity index (χ1n) is 3.45. The van der Waals surface area contributed by atoms with Crippen LogP contribution in [0.5, 0.6) is 0 Å². The molecule has 11 heavy (non-hydrogen) atoms. The molecule has 62 valence electrons. The largest absolute Gasteiger partial charge is 0.468 e. The minimum absolute atomic E-state index is 0.192. The van der Waals surface area contributed by atoms with Crippen molar-refractivity contribution < 1.29 is 14.4 Å². The number of hydrogen-bond donors (Lipinski definition) is 0. The fourth-order valence-electron chi connectivity index (χ4n) is 1.11. The van der Waals surface area contributed by atoms with Crippen molar-refractivity contribution in [3.63, 3.8) is 0 Å². The van der Waals surface area contributed by atoms with Crippen molar-refractivity contribution in [3.8, 4) is 0 Å². The van der Waals surface area contributed by atoms with Crippen LogP contribution in [0, 0.1) is 5.92 Å². The van der Waals surface area contributed by atoms with E-state index < -0.39 is 0 Å². The molecular formula is C7H11NO3. The summed E-state index contributed by atoms with van der Waals surface area (Å²) < 4.78 is 4.58. The quantitative estimate of drug-likeness (QED) is 0.523. The summed E-state index contributed by atoms with van der Waals surface area (Å²) >= 11 is 0. The highest BCUT2D eigenvalue weighted by Gasteiger charge is 2.35. The fourth-order valence-corrected chi connectivity index (χ4v) is 1.11. The van der Waals surface area contributed by atoms with E-state index in [1.807, 2.05) is 0 Å². The molecule has 0 aromatic rings. The fraction of sp³-hybridized carbons (Fsp3) is 0.714. The Kier molecular flexibility index (Phi) is 2.12. The van der Waals surface area contributed by atoms with E-state index in [9.17, 15) is 4.79 Å². The number of hydrogen-bond acceptors (Lipinski definition) is 4. The van der Waals surface area contributed by atoms with Crippen LogP contribution < -0.4 is 0 Å². The molecule has 0 saturated heterocycles. The Bertz CT molecular complexity index is 200. The van der Waals surface area contributed by atoms with Gasteiger partial charge in [0.25, 0.3) is 0 Å². The topological polar surface area (TPSA) is 47.9 Å². The molecule has 1 aliphatic rings. The zero-order valence-corrected chi connectivity index (χ0v) is 6.83. The molecule has 1 heterocycles. The molecule has 0 amide bonds. The first kappa shape index (κ1) is 8.04. The van der Waals surface area contributed by atoms with Gasteiger partial charge in [0.05, 0.1) is 12.8 Å². The molecule has 0 fully saturated rings. The van der Waals surface area contributed by atoms with Crippen molar-refractivity contribution in [1.29, 1.82) is 0 Å². The monoisotopic (exact) mass is 157 g/mol. The highest BCUT2D eigenvalue weighted by molar-refractivity contribution is 6.02. The number of oxime groups is 1. The van der Waals surface area contributed by atoms with Crippen LogP contribution in [0.3, 0.4) is 0 Å². The number of nitrogens with zero attached hydrogens (tertiary/aromatic N) is 1. The first-order valence-corrected chi connectivity index (χ1v) is 3.45. The predicted octanol–water partition coefficient (Wildman–Crippen LogP) is 0.570. The third kappa shape index (κ3) is 1.34. The third-order valence-corrected chi connectivity index (χ3v) is 1.74. The van der Waals surface area contributed by atoms with E-state index in [4.69, 9.17) is 4.84 Å². The maximum atomic E-state index is 11.1. The summed E-state index contributed by atoms with van der Waals surface area (Å²) in [5, 5.41) is 3.68. The van der Waals surface area contributed by atoms with Crippen LogP contribution in [0.15, 0.2) is 5.16 Å². The van der Waals surface area contributed by atoms with Crippen molar-refractivity contribution in [3.05, 3.63) is 0 Å². The van der Waals surface area contributed by atoms with Crippen LogP contribution in [0.25, 0.3) is 0 Å². The Hall–Kier alpha value is -1.06. The molecule has 0 N–H and O–H groups in total. The van der Waals surface area contributed by atoms with Gasteiger partial charge >= 0.3 is 5.97 Å². The summed E-state index contributed by atoms with van der Waals surface area (Å²) in [4.78, 5) is 15.9. The van der Waals surface area contributed by atoms with Crippen molar-refractivity contribution in [2.24, 2.45) is 11.1 Å². The van der Waals surface area contributed by atoms with Crippen LogP contribution in [0.4, 0.5) is 0 Å². The average molecular weight is 157 g/mol. The predicted molar refractivity (Wildman–Crippen MR) is 39.2 cm³/mol. The molecule has 4 heteroatoms. The molecule has 2 atom stereocenters. The number of esters is 1. The van der Waals surface area contributed by atoms with E-state index in [2.05, 4.69) is 9.89 Å². The van der Waals surface area contributed by atoms with E-state index >= 15 is 0 Å². The van der Waals surface area contributed by atoms with Crippen LogP contribution in [-0.2, 0) is 14.4 Å². The van der Waals surface area contributed by atoms with Gasteiger partial charge in [0.15, 0.2) is 0 Å². The van der Waals surface area contributed by atoms with E-state index in [0.717, 1.165) is 0 Å². The zero-order chi connectivity index (χ0) is 8.43.